The van der Waals surface area contributed by atoms with Gasteiger partial charge in [-0.1, -0.05) is 0 Å². The monoisotopic (exact) mass is 324 g/mol. The summed E-state index contributed by atoms with van der Waals surface area (Å²) in [5, 5.41) is 11.0. The minimum absolute atomic E-state index is 0.0109. The third-order valence-electron chi connectivity index (χ3n) is 2.90. The summed E-state index contributed by atoms with van der Waals surface area (Å²) in [7, 11) is 1.34. The van der Waals surface area contributed by atoms with Gasteiger partial charge in [0.1, 0.15) is 18.2 Å². The van der Waals surface area contributed by atoms with Gasteiger partial charge >= 0.3 is 12.2 Å². The van der Waals surface area contributed by atoms with Crippen molar-refractivity contribution in [1.82, 2.24) is 5.32 Å². The van der Waals surface area contributed by atoms with Gasteiger partial charge in [-0.25, -0.2) is 4.79 Å². The maximum absolute atomic E-state index is 12.1. The smallest absolute Gasteiger partial charge is 0.328 e. The van der Waals surface area contributed by atoms with Crippen molar-refractivity contribution in [2.75, 3.05) is 7.11 Å². The van der Waals surface area contributed by atoms with Gasteiger partial charge in [-0.3, -0.25) is 9.59 Å². The molecule has 9 nitrogen and oxygen atoms in total. The molecule has 1 N–H and O–H groups in total. The predicted octanol–water partition coefficient (Wildman–Crippen LogP) is 0.00138. The van der Waals surface area contributed by atoms with E-state index < -0.39 is 35.9 Å². The Morgan fingerprint density at radius 2 is 2.04 bits per heavy atom. The first kappa shape index (κ1) is 20.4. The number of hydrogen-bond acceptors (Lipinski definition) is 6. The quantitative estimate of drug-likeness (QED) is 0.259. The number of carbonyl (C=O) groups excluding carboxylic acids is 3. The Bertz CT molecular complexity index is 522. The summed E-state index contributed by atoms with van der Waals surface area (Å²) < 4.78 is 9.90. The first-order chi connectivity index (χ1) is 10.8. The summed E-state index contributed by atoms with van der Waals surface area (Å²) in [5.74, 6) is -1.80. The second kappa shape index (κ2) is 11.1. The van der Waals surface area contributed by atoms with Gasteiger partial charge in [-0.15, -0.1) is 0 Å². The van der Waals surface area contributed by atoms with Crippen LogP contribution < -0.4 is 5.32 Å². The number of ether oxygens (including phenoxy) is 2. The molecule has 1 unspecified atom stereocenters. The van der Waals surface area contributed by atoms with Crippen LogP contribution in [0.4, 0.5) is 0 Å². The molecule has 0 saturated carbocycles. The maximum Gasteiger partial charge on any atom is 0.328 e. The highest BCUT2D eigenvalue weighted by atomic mass is 16.5. The Morgan fingerprint density at radius 3 is 2.57 bits per heavy atom. The van der Waals surface area contributed by atoms with Crippen molar-refractivity contribution in [3.63, 3.8) is 0 Å². The standard InChI is InChI=1S/C14H20N4O5/c1-9(6-7-15)23-14(21)12(5-4-11(19)8-17-16)18-13(20)10(2)22-3/h8-10,12H,4-6H2,1-3H3,(H,18,20)/t9?,10-,12-/m0/s1. The van der Waals surface area contributed by atoms with Crippen LogP contribution in [0.5, 0.6) is 0 Å². The molecule has 0 aliphatic heterocycles. The topological polar surface area (TPSA) is 142 Å². The molecule has 0 aromatic heterocycles. The Balaban J connectivity index is 4.87. The average Bonchev–Trinajstić information content (AvgIpc) is 2.50. The lowest BCUT2D eigenvalue weighted by Gasteiger charge is -2.20. The molecule has 0 radical (unpaired) electrons. The summed E-state index contributed by atoms with van der Waals surface area (Å²) in [6, 6.07) is 0.791. The fourth-order valence-electron chi connectivity index (χ4n) is 1.51. The number of ketones is 1. The molecule has 0 aliphatic rings. The van der Waals surface area contributed by atoms with Crippen LogP contribution in [0.15, 0.2) is 0 Å². The molecule has 0 bridgehead atoms. The molecule has 0 aliphatic carbocycles. The van der Waals surface area contributed by atoms with Gasteiger partial charge in [0, 0.05) is 13.5 Å². The van der Waals surface area contributed by atoms with Crippen molar-refractivity contribution in [2.24, 2.45) is 0 Å². The van der Waals surface area contributed by atoms with E-state index in [0.29, 0.717) is 6.21 Å². The molecular weight excluding hydrogens is 304 g/mol. The maximum atomic E-state index is 12.1. The lowest BCUT2D eigenvalue weighted by molar-refractivity contribution is -0.153. The van der Waals surface area contributed by atoms with E-state index in [9.17, 15) is 14.4 Å². The molecule has 1 amide bonds. The molecule has 9 heteroatoms. The van der Waals surface area contributed by atoms with Crippen LogP contribution in [0, 0.1) is 11.3 Å². The largest absolute Gasteiger partial charge is 0.460 e. The highest BCUT2D eigenvalue weighted by Crippen LogP contribution is 2.06. The summed E-state index contributed by atoms with van der Waals surface area (Å²) in [6.07, 6.45) is -0.862. The zero-order valence-corrected chi connectivity index (χ0v) is 13.3. The number of rotatable bonds is 10. The second-order valence-corrected chi connectivity index (χ2v) is 4.80. The summed E-state index contributed by atoms with van der Waals surface area (Å²) in [6.45, 7) is 3.04. The van der Waals surface area contributed by atoms with Crippen molar-refractivity contribution >= 4 is 23.9 Å². The molecule has 3 atom stereocenters. The number of esters is 1. The van der Waals surface area contributed by atoms with E-state index in [1.54, 1.807) is 6.92 Å². The van der Waals surface area contributed by atoms with Crippen molar-refractivity contribution < 1.29 is 28.6 Å². The normalized spacial score (nSPS) is 13.7. The lowest BCUT2D eigenvalue weighted by Crippen LogP contribution is -2.46. The fourth-order valence-corrected chi connectivity index (χ4v) is 1.51. The van der Waals surface area contributed by atoms with Gasteiger partial charge in [-0.2, -0.15) is 10.1 Å². The van der Waals surface area contributed by atoms with Gasteiger partial charge in [0.05, 0.1) is 12.5 Å². The van der Waals surface area contributed by atoms with E-state index >= 15 is 0 Å². The summed E-state index contributed by atoms with van der Waals surface area (Å²) >= 11 is 0. The molecule has 0 aromatic rings. The molecule has 0 saturated heterocycles. The van der Waals surface area contributed by atoms with Crippen LogP contribution in [-0.4, -0.2) is 54.0 Å². The Hall–Kier alpha value is -2.56. The van der Waals surface area contributed by atoms with Crippen molar-refractivity contribution in [3.8, 4) is 6.07 Å². The fraction of sp³-hybridized carbons (Fsp3) is 0.643. The van der Waals surface area contributed by atoms with E-state index in [0.717, 1.165) is 0 Å². The number of Topliss-reactive ketones (excluding diaryl/α,β-unsaturated/α-hetero) is 1. The first-order valence-corrected chi connectivity index (χ1v) is 6.96. The van der Waals surface area contributed by atoms with Gasteiger partial charge in [0.15, 0.2) is 0 Å². The molecule has 0 heterocycles. The molecule has 0 rings (SSSR count). The van der Waals surface area contributed by atoms with Crippen molar-refractivity contribution in [3.05, 3.63) is 5.53 Å². The third kappa shape index (κ3) is 8.46. The number of hydrogen-bond donors (Lipinski definition) is 1. The van der Waals surface area contributed by atoms with Crippen molar-refractivity contribution in [1.29, 1.82) is 5.26 Å². The molecule has 126 valence electrons. The third-order valence-corrected chi connectivity index (χ3v) is 2.90. The summed E-state index contributed by atoms with van der Waals surface area (Å²) in [4.78, 5) is 37.8. The van der Waals surface area contributed by atoms with E-state index in [4.69, 9.17) is 20.3 Å². The zero-order valence-electron chi connectivity index (χ0n) is 13.3. The summed E-state index contributed by atoms with van der Waals surface area (Å²) in [5.41, 5.74) is 8.28. The molecular formula is C14H20N4O5. The SMILES string of the molecule is CO[C@@H](C)C(=O)N[C@@H](CCC(=O)C=[N+]=[N-])C(=O)OC(C)CC#N. The number of nitriles is 1. The molecule has 0 aromatic carbocycles. The average molecular weight is 324 g/mol. The van der Waals surface area contributed by atoms with Crippen LogP contribution in [0.2, 0.25) is 0 Å². The van der Waals surface area contributed by atoms with E-state index in [2.05, 4.69) is 10.1 Å². The minimum atomic E-state index is -1.07. The second-order valence-electron chi connectivity index (χ2n) is 4.80. The lowest BCUT2D eigenvalue weighted by atomic mass is 10.1. The van der Waals surface area contributed by atoms with Crippen LogP contribution in [-0.2, 0) is 23.9 Å². The van der Waals surface area contributed by atoms with Crippen LogP contribution >= 0.6 is 0 Å². The van der Waals surface area contributed by atoms with Gasteiger partial charge in [0.25, 0.3) is 0 Å². The molecule has 0 fully saturated rings. The Morgan fingerprint density at radius 1 is 1.39 bits per heavy atom. The predicted molar refractivity (Wildman–Crippen MR) is 78.1 cm³/mol. The number of carbonyl (C=O) groups is 3. The van der Waals surface area contributed by atoms with Crippen molar-refractivity contribution in [2.45, 2.75) is 51.4 Å². The van der Waals surface area contributed by atoms with Crippen LogP contribution in [0.3, 0.4) is 0 Å². The Kier molecular flexibility index (Phi) is 9.83. The number of nitrogens with zero attached hydrogens (tertiary/aromatic N) is 3. The number of amides is 1. The van der Waals surface area contributed by atoms with E-state index in [1.165, 1.54) is 14.0 Å². The van der Waals surface area contributed by atoms with E-state index in [1.807, 2.05) is 6.07 Å². The highest BCUT2D eigenvalue weighted by Gasteiger charge is 2.26. The van der Waals surface area contributed by atoms with Gasteiger partial charge < -0.3 is 20.3 Å². The minimum Gasteiger partial charge on any atom is -0.460 e. The highest BCUT2D eigenvalue weighted by molar-refractivity contribution is 6.25. The van der Waals surface area contributed by atoms with Gasteiger partial charge in [-0.05, 0) is 20.3 Å². The Labute approximate surface area is 134 Å². The number of methoxy groups -OCH3 is 1. The van der Waals surface area contributed by atoms with Gasteiger partial charge in [0.2, 0.25) is 11.7 Å². The first-order valence-electron chi connectivity index (χ1n) is 6.96. The van der Waals surface area contributed by atoms with Crippen LogP contribution in [0.25, 0.3) is 5.53 Å². The molecule has 0 spiro atoms. The zero-order chi connectivity index (χ0) is 17.8. The molecule has 23 heavy (non-hydrogen) atoms. The van der Waals surface area contributed by atoms with Crippen LogP contribution in [0.1, 0.15) is 33.1 Å². The van der Waals surface area contributed by atoms with E-state index in [-0.39, 0.29) is 19.3 Å². The number of nitrogens with one attached hydrogen (secondary N) is 1.